The first-order valence-electron chi connectivity index (χ1n) is 5.40. The Hall–Kier alpha value is -1.05. The van der Waals surface area contributed by atoms with Crippen LogP contribution in [0.4, 0.5) is 0 Å². The molecule has 0 N–H and O–H groups in total. The van der Waals surface area contributed by atoms with Crippen LogP contribution in [0.2, 0.25) is 5.15 Å². The molecule has 1 rings (SSSR count). The Morgan fingerprint density at radius 1 is 1.50 bits per heavy atom. The van der Waals surface area contributed by atoms with Crippen LogP contribution >= 0.6 is 11.6 Å². The molecule has 5 heteroatoms. The highest BCUT2D eigenvalue weighted by Crippen LogP contribution is 2.20. The fraction of sp³-hybridized carbons (Fsp3) is 0.636. The van der Waals surface area contributed by atoms with Crippen LogP contribution in [0.1, 0.15) is 24.6 Å². The second kappa shape index (κ2) is 5.88. The monoisotopic (exact) mass is 240 g/mol. The first-order valence-corrected chi connectivity index (χ1v) is 5.78. The van der Waals surface area contributed by atoms with E-state index in [0.717, 1.165) is 25.1 Å². The van der Waals surface area contributed by atoms with Gasteiger partial charge in [0, 0.05) is 6.54 Å². The van der Waals surface area contributed by atoms with Crippen molar-refractivity contribution in [1.82, 2.24) is 14.7 Å². The van der Waals surface area contributed by atoms with Crippen molar-refractivity contribution in [3.63, 3.8) is 0 Å². The van der Waals surface area contributed by atoms with Crippen LogP contribution in [0.25, 0.3) is 0 Å². The fourth-order valence-corrected chi connectivity index (χ4v) is 1.73. The average Bonchev–Trinajstić information content (AvgIpc) is 2.52. The quantitative estimate of drug-likeness (QED) is 0.790. The predicted octanol–water partition coefficient (Wildman–Crippen LogP) is 1.92. The number of likely N-dealkylation sites (N-methyl/N-ethyl adjacent to an activating group) is 1. The van der Waals surface area contributed by atoms with Gasteiger partial charge in [-0.05, 0) is 20.5 Å². The minimum atomic E-state index is 0.466. The highest BCUT2D eigenvalue weighted by Gasteiger charge is 2.15. The summed E-state index contributed by atoms with van der Waals surface area (Å²) >= 11 is 6.11. The van der Waals surface area contributed by atoms with E-state index >= 15 is 0 Å². The zero-order valence-corrected chi connectivity index (χ0v) is 10.8. The third-order valence-corrected chi connectivity index (χ3v) is 2.70. The molecule has 1 aromatic rings. The zero-order valence-electron chi connectivity index (χ0n) is 10.00. The number of aromatic nitrogens is 2. The maximum atomic E-state index is 9.02. The van der Waals surface area contributed by atoms with E-state index in [4.69, 9.17) is 16.9 Å². The first kappa shape index (κ1) is 13.0. The summed E-state index contributed by atoms with van der Waals surface area (Å²) in [4.78, 5) is 2.06. The van der Waals surface area contributed by atoms with Crippen LogP contribution < -0.4 is 0 Å². The molecule has 1 heterocycles. The van der Waals surface area contributed by atoms with E-state index in [0.29, 0.717) is 17.3 Å². The van der Waals surface area contributed by atoms with Gasteiger partial charge in [0.15, 0.2) is 0 Å². The minimum Gasteiger partial charge on any atom is -0.308 e. The lowest BCUT2D eigenvalue weighted by Gasteiger charge is -2.09. The summed E-state index contributed by atoms with van der Waals surface area (Å²) in [5, 5.41) is 13.9. The second-order valence-electron chi connectivity index (χ2n) is 4.00. The van der Waals surface area contributed by atoms with Crippen molar-refractivity contribution in [2.45, 2.75) is 26.3 Å². The Morgan fingerprint density at radius 3 is 2.69 bits per heavy atom. The van der Waals surface area contributed by atoms with Crippen LogP contribution in [0.15, 0.2) is 0 Å². The van der Waals surface area contributed by atoms with Gasteiger partial charge in [0.05, 0.1) is 12.2 Å². The zero-order chi connectivity index (χ0) is 12.1. The lowest BCUT2D eigenvalue weighted by atomic mass is 10.2. The van der Waals surface area contributed by atoms with E-state index in [9.17, 15) is 0 Å². The summed E-state index contributed by atoms with van der Waals surface area (Å²) in [6.45, 7) is 3.63. The molecule has 4 nitrogen and oxygen atoms in total. The van der Waals surface area contributed by atoms with Gasteiger partial charge in [-0.1, -0.05) is 24.9 Å². The van der Waals surface area contributed by atoms with Gasteiger partial charge in [0.2, 0.25) is 0 Å². The van der Waals surface area contributed by atoms with Gasteiger partial charge >= 0.3 is 0 Å². The Labute approximate surface area is 101 Å². The fourth-order valence-electron chi connectivity index (χ4n) is 1.45. The summed E-state index contributed by atoms with van der Waals surface area (Å²) in [5.41, 5.74) is 1.34. The maximum absolute atomic E-state index is 9.02. The van der Waals surface area contributed by atoms with Crippen molar-refractivity contribution in [2.24, 2.45) is 0 Å². The second-order valence-corrected chi connectivity index (χ2v) is 4.36. The first-order chi connectivity index (χ1) is 7.60. The lowest BCUT2D eigenvalue weighted by molar-refractivity contribution is 0.372. The summed E-state index contributed by atoms with van der Waals surface area (Å²) in [5.74, 6) is 0. The molecule has 0 spiro atoms. The molecular weight excluding hydrogens is 224 g/mol. The standard InChI is InChI=1S/C11H17ClN4/c1-4-5-10-9(8-13)11(12)16(14-10)7-6-15(2)3/h4-7H2,1-3H3. The molecule has 0 saturated heterocycles. The molecule has 0 fully saturated rings. The van der Waals surface area contributed by atoms with Gasteiger partial charge in [-0.15, -0.1) is 0 Å². The number of hydrogen-bond acceptors (Lipinski definition) is 3. The molecule has 0 aromatic carbocycles. The molecule has 0 saturated carbocycles. The molecule has 0 bridgehead atoms. The molecule has 1 aromatic heterocycles. The van der Waals surface area contributed by atoms with Gasteiger partial charge in [0.25, 0.3) is 0 Å². The van der Waals surface area contributed by atoms with Gasteiger partial charge in [-0.2, -0.15) is 10.4 Å². The van der Waals surface area contributed by atoms with Crippen LogP contribution in [-0.4, -0.2) is 35.3 Å². The van der Waals surface area contributed by atoms with Gasteiger partial charge in [-0.25, -0.2) is 0 Å². The molecular formula is C11H17ClN4. The van der Waals surface area contributed by atoms with Crippen molar-refractivity contribution in [2.75, 3.05) is 20.6 Å². The smallest absolute Gasteiger partial charge is 0.145 e. The largest absolute Gasteiger partial charge is 0.308 e. The van der Waals surface area contributed by atoms with E-state index in [1.54, 1.807) is 4.68 Å². The highest BCUT2D eigenvalue weighted by atomic mass is 35.5. The number of nitriles is 1. The Kier molecular flexibility index (Phi) is 4.78. The van der Waals surface area contributed by atoms with E-state index in [2.05, 4.69) is 23.0 Å². The third kappa shape index (κ3) is 2.97. The predicted molar refractivity (Wildman–Crippen MR) is 64.5 cm³/mol. The van der Waals surface area contributed by atoms with Crippen molar-refractivity contribution < 1.29 is 0 Å². The molecule has 0 atom stereocenters. The number of rotatable bonds is 5. The lowest BCUT2D eigenvalue weighted by Crippen LogP contribution is -2.19. The van der Waals surface area contributed by atoms with Crippen molar-refractivity contribution >= 4 is 11.6 Å². The SMILES string of the molecule is CCCc1nn(CCN(C)C)c(Cl)c1C#N. The molecule has 0 radical (unpaired) electrons. The molecule has 0 aliphatic carbocycles. The average molecular weight is 241 g/mol. The van der Waals surface area contributed by atoms with Crippen LogP contribution in [-0.2, 0) is 13.0 Å². The Bertz CT molecular complexity index is 389. The number of aryl methyl sites for hydroxylation is 1. The highest BCUT2D eigenvalue weighted by molar-refractivity contribution is 6.30. The van der Waals surface area contributed by atoms with Gasteiger partial charge < -0.3 is 4.90 Å². The Balaban J connectivity index is 2.90. The van der Waals surface area contributed by atoms with Crippen LogP contribution in [0, 0.1) is 11.3 Å². The van der Waals surface area contributed by atoms with E-state index in [1.165, 1.54) is 0 Å². The van der Waals surface area contributed by atoms with E-state index in [-0.39, 0.29) is 0 Å². The van der Waals surface area contributed by atoms with Gasteiger partial charge in [0.1, 0.15) is 16.8 Å². The molecule has 0 unspecified atom stereocenters. The van der Waals surface area contributed by atoms with Crippen molar-refractivity contribution in [3.05, 3.63) is 16.4 Å². The van der Waals surface area contributed by atoms with E-state index in [1.807, 2.05) is 14.1 Å². The molecule has 88 valence electrons. The van der Waals surface area contributed by atoms with E-state index < -0.39 is 0 Å². The molecule has 0 amide bonds. The molecule has 0 aliphatic heterocycles. The third-order valence-electron chi connectivity index (χ3n) is 2.32. The number of halogens is 1. The van der Waals surface area contributed by atoms with Gasteiger partial charge in [-0.3, -0.25) is 4.68 Å². The maximum Gasteiger partial charge on any atom is 0.145 e. The topological polar surface area (TPSA) is 44.9 Å². The minimum absolute atomic E-state index is 0.466. The summed E-state index contributed by atoms with van der Waals surface area (Å²) in [6, 6.07) is 2.13. The number of hydrogen-bond donors (Lipinski definition) is 0. The van der Waals surface area contributed by atoms with Crippen molar-refractivity contribution in [3.8, 4) is 6.07 Å². The Morgan fingerprint density at radius 2 is 2.19 bits per heavy atom. The number of nitrogens with zero attached hydrogens (tertiary/aromatic N) is 4. The summed E-state index contributed by atoms with van der Waals surface area (Å²) in [7, 11) is 3.99. The summed E-state index contributed by atoms with van der Waals surface area (Å²) in [6.07, 6.45) is 1.77. The molecule has 16 heavy (non-hydrogen) atoms. The van der Waals surface area contributed by atoms with Crippen LogP contribution in [0.5, 0.6) is 0 Å². The molecule has 0 aliphatic rings. The van der Waals surface area contributed by atoms with Crippen LogP contribution in [0.3, 0.4) is 0 Å². The van der Waals surface area contributed by atoms with Crippen molar-refractivity contribution in [1.29, 1.82) is 5.26 Å². The normalized spacial score (nSPS) is 10.8. The summed E-state index contributed by atoms with van der Waals surface area (Å²) < 4.78 is 1.71.